The van der Waals surface area contributed by atoms with Crippen LogP contribution in [0.5, 0.6) is 0 Å². The van der Waals surface area contributed by atoms with E-state index in [0.29, 0.717) is 36.3 Å². The average Bonchev–Trinajstić information content (AvgIpc) is 3.19. The first-order valence-electron chi connectivity index (χ1n) is 11.3. The predicted molar refractivity (Wildman–Crippen MR) is 132 cm³/mol. The maximum absolute atomic E-state index is 13.4. The number of ether oxygens (including phenoxy) is 1. The van der Waals surface area contributed by atoms with Gasteiger partial charge in [-0.1, -0.05) is 23.9 Å². The van der Waals surface area contributed by atoms with Crippen LogP contribution in [0.2, 0.25) is 0 Å². The van der Waals surface area contributed by atoms with Gasteiger partial charge in [-0.15, -0.1) is 10.2 Å². The van der Waals surface area contributed by atoms with Crippen molar-refractivity contribution >= 4 is 35.0 Å². The topological polar surface area (TPSA) is 102 Å². The highest BCUT2D eigenvalue weighted by atomic mass is 32.2. The van der Waals surface area contributed by atoms with E-state index in [9.17, 15) is 9.59 Å². The van der Waals surface area contributed by atoms with Crippen LogP contribution >= 0.6 is 11.8 Å². The van der Waals surface area contributed by atoms with Gasteiger partial charge in [-0.3, -0.25) is 14.6 Å². The third-order valence-corrected chi connectivity index (χ3v) is 6.43. The molecular weight excluding hydrogens is 452 g/mol. The molecule has 0 fully saturated rings. The number of amides is 2. The molecule has 2 aromatic heterocycles. The van der Waals surface area contributed by atoms with Gasteiger partial charge in [0.05, 0.1) is 17.1 Å². The van der Waals surface area contributed by atoms with Gasteiger partial charge in [0.1, 0.15) is 0 Å². The highest BCUT2D eigenvalue weighted by molar-refractivity contribution is 7.99. The number of hydrogen-bond acceptors (Lipinski definition) is 7. The van der Waals surface area contributed by atoms with Gasteiger partial charge in [-0.05, 0) is 44.5 Å². The number of benzene rings is 1. The molecule has 1 aromatic carbocycles. The van der Waals surface area contributed by atoms with E-state index in [-0.39, 0.29) is 30.0 Å². The number of hydrogen-bond donors (Lipinski definition) is 1. The van der Waals surface area contributed by atoms with Gasteiger partial charge in [-0.25, -0.2) is 0 Å². The van der Waals surface area contributed by atoms with Crippen LogP contribution in [0.3, 0.4) is 0 Å². The van der Waals surface area contributed by atoms with E-state index >= 15 is 0 Å². The molecule has 4 rings (SSSR count). The molecule has 1 aliphatic heterocycles. The quantitative estimate of drug-likeness (QED) is 0.369. The van der Waals surface area contributed by atoms with Gasteiger partial charge in [0.15, 0.2) is 11.0 Å². The summed E-state index contributed by atoms with van der Waals surface area (Å²) in [4.78, 5) is 31.4. The molecular formula is C24H28N6O3S. The lowest BCUT2D eigenvalue weighted by atomic mass is 10.2. The molecule has 2 amide bonds. The molecule has 3 aromatic rings. The fourth-order valence-electron chi connectivity index (χ4n) is 3.94. The molecule has 3 heterocycles. The third kappa shape index (κ3) is 5.45. The van der Waals surface area contributed by atoms with Crippen LogP contribution in [-0.4, -0.2) is 56.6 Å². The second kappa shape index (κ2) is 11.3. The van der Waals surface area contributed by atoms with E-state index in [1.54, 1.807) is 17.3 Å². The fraction of sp³-hybridized carbons (Fsp3) is 0.375. The summed E-state index contributed by atoms with van der Waals surface area (Å²) in [5.74, 6) is 0.721. The molecule has 0 spiro atoms. The van der Waals surface area contributed by atoms with Crippen LogP contribution in [0.1, 0.15) is 26.7 Å². The highest BCUT2D eigenvalue weighted by Gasteiger charge is 2.30. The van der Waals surface area contributed by atoms with Crippen molar-refractivity contribution < 1.29 is 14.3 Å². The maximum atomic E-state index is 13.4. The molecule has 34 heavy (non-hydrogen) atoms. The number of carbonyl (C=O) groups excluding carboxylic acids is 2. The molecule has 0 saturated heterocycles. The fourth-order valence-corrected chi connectivity index (χ4v) is 4.77. The van der Waals surface area contributed by atoms with Gasteiger partial charge >= 0.3 is 0 Å². The molecule has 10 heteroatoms. The smallest absolute Gasteiger partial charge is 0.237 e. The molecule has 0 aliphatic carbocycles. The summed E-state index contributed by atoms with van der Waals surface area (Å²) in [6, 6.07) is 10.9. The predicted octanol–water partition coefficient (Wildman–Crippen LogP) is 3.62. The molecule has 178 valence electrons. The summed E-state index contributed by atoms with van der Waals surface area (Å²) < 4.78 is 7.52. The summed E-state index contributed by atoms with van der Waals surface area (Å²) >= 11 is 1.35. The number of pyridine rings is 1. The van der Waals surface area contributed by atoms with Crippen LogP contribution in [0.15, 0.2) is 53.9 Å². The zero-order valence-corrected chi connectivity index (χ0v) is 20.1. The molecule has 1 aliphatic rings. The van der Waals surface area contributed by atoms with E-state index in [1.807, 2.05) is 54.8 Å². The number of thioether (sulfide) groups is 1. The Morgan fingerprint density at radius 3 is 2.79 bits per heavy atom. The number of nitrogens with one attached hydrogen (secondary N) is 1. The summed E-state index contributed by atoms with van der Waals surface area (Å²) in [6.45, 7) is 5.84. The lowest BCUT2D eigenvalue weighted by Crippen LogP contribution is -2.40. The van der Waals surface area contributed by atoms with E-state index in [2.05, 4.69) is 20.5 Å². The molecule has 1 N–H and O–H groups in total. The SMILES string of the molecule is CCOCCCn1c(SCC(=O)N2c3ccccc3NC(=O)CC2C)nnc1-c1ccncc1. The first-order valence-corrected chi connectivity index (χ1v) is 12.3. The maximum Gasteiger partial charge on any atom is 0.237 e. The normalized spacial score (nSPS) is 15.5. The number of nitrogens with zero attached hydrogens (tertiary/aromatic N) is 5. The second-order valence-electron chi connectivity index (χ2n) is 7.92. The Morgan fingerprint density at radius 2 is 2.00 bits per heavy atom. The van der Waals surface area contributed by atoms with E-state index in [4.69, 9.17) is 4.74 Å². The zero-order chi connectivity index (χ0) is 23.9. The Bertz CT molecular complexity index is 1140. The minimum atomic E-state index is -0.256. The largest absolute Gasteiger partial charge is 0.382 e. The lowest BCUT2D eigenvalue weighted by Gasteiger charge is -2.27. The Labute approximate surface area is 202 Å². The Morgan fingerprint density at radius 1 is 1.21 bits per heavy atom. The van der Waals surface area contributed by atoms with Crippen LogP contribution in [-0.2, 0) is 20.9 Å². The Hall–Kier alpha value is -3.24. The first kappa shape index (κ1) is 23.9. The first-order chi connectivity index (χ1) is 16.6. The van der Waals surface area contributed by atoms with Gasteiger partial charge in [0, 0.05) is 50.2 Å². The van der Waals surface area contributed by atoms with E-state index in [0.717, 1.165) is 17.8 Å². The monoisotopic (exact) mass is 480 g/mol. The van der Waals surface area contributed by atoms with Crippen LogP contribution in [0, 0.1) is 0 Å². The van der Waals surface area contributed by atoms with Crippen molar-refractivity contribution in [3.8, 4) is 11.4 Å². The number of fused-ring (bicyclic) bond motifs is 1. The highest BCUT2D eigenvalue weighted by Crippen LogP contribution is 2.32. The Balaban J connectivity index is 1.54. The van der Waals surface area contributed by atoms with Crippen molar-refractivity contribution in [1.82, 2.24) is 19.7 Å². The van der Waals surface area contributed by atoms with Gasteiger partial charge in [0.25, 0.3) is 0 Å². The number of para-hydroxylation sites is 2. The second-order valence-corrected chi connectivity index (χ2v) is 8.86. The van der Waals surface area contributed by atoms with Crippen molar-refractivity contribution in [2.45, 2.75) is 44.4 Å². The molecule has 0 radical (unpaired) electrons. The summed E-state index contributed by atoms with van der Waals surface area (Å²) in [7, 11) is 0. The summed E-state index contributed by atoms with van der Waals surface area (Å²) in [5.41, 5.74) is 2.27. The minimum Gasteiger partial charge on any atom is -0.382 e. The van der Waals surface area contributed by atoms with Crippen LogP contribution in [0.4, 0.5) is 11.4 Å². The molecule has 0 bridgehead atoms. The van der Waals surface area contributed by atoms with E-state index < -0.39 is 0 Å². The van der Waals surface area contributed by atoms with Crippen molar-refractivity contribution in [2.24, 2.45) is 0 Å². The Kier molecular flexibility index (Phi) is 7.91. The average molecular weight is 481 g/mol. The van der Waals surface area contributed by atoms with E-state index in [1.165, 1.54) is 11.8 Å². The summed E-state index contributed by atoms with van der Waals surface area (Å²) in [5, 5.41) is 12.3. The third-order valence-electron chi connectivity index (χ3n) is 5.48. The van der Waals surface area contributed by atoms with Crippen molar-refractivity contribution in [3.63, 3.8) is 0 Å². The van der Waals surface area contributed by atoms with Gasteiger partial charge < -0.3 is 19.5 Å². The number of carbonyl (C=O) groups is 2. The zero-order valence-electron chi connectivity index (χ0n) is 19.3. The molecule has 0 saturated carbocycles. The molecule has 1 atom stereocenters. The molecule has 1 unspecified atom stereocenters. The number of rotatable bonds is 9. The van der Waals surface area contributed by atoms with Crippen LogP contribution < -0.4 is 10.2 Å². The number of aromatic nitrogens is 4. The molecule has 9 nitrogen and oxygen atoms in total. The van der Waals surface area contributed by atoms with Crippen LogP contribution in [0.25, 0.3) is 11.4 Å². The van der Waals surface area contributed by atoms with Crippen molar-refractivity contribution in [2.75, 3.05) is 29.2 Å². The van der Waals surface area contributed by atoms with Gasteiger partial charge in [-0.2, -0.15) is 0 Å². The number of anilines is 2. The standard InChI is InChI=1S/C24H28N6O3S/c1-3-33-14-6-13-29-23(18-9-11-25-12-10-18)27-28-24(29)34-16-22(32)30-17(2)15-21(31)26-19-7-4-5-8-20(19)30/h4-5,7-12,17H,3,6,13-16H2,1-2H3,(H,26,31). The van der Waals surface area contributed by atoms with Crippen molar-refractivity contribution in [1.29, 1.82) is 0 Å². The van der Waals surface area contributed by atoms with Crippen molar-refractivity contribution in [3.05, 3.63) is 48.8 Å². The lowest BCUT2D eigenvalue weighted by molar-refractivity contribution is -0.117. The van der Waals surface area contributed by atoms with Gasteiger partial charge in [0.2, 0.25) is 11.8 Å². The summed E-state index contributed by atoms with van der Waals surface area (Å²) in [6.07, 6.45) is 4.48. The minimum absolute atomic E-state index is 0.0872.